The van der Waals surface area contributed by atoms with E-state index in [9.17, 15) is 0 Å². The molecule has 0 aliphatic rings. The Labute approximate surface area is 61.5 Å². The van der Waals surface area contributed by atoms with E-state index in [0.717, 1.165) is 0 Å². The van der Waals surface area contributed by atoms with Gasteiger partial charge in [0.15, 0.2) is 0 Å². The molecular weight excluding hydrogens is 179 g/mol. The number of hydrogen-bond donors (Lipinski definition) is 2. The fourth-order valence-corrected chi connectivity index (χ4v) is 0. The molecule has 0 heterocycles. The summed E-state index contributed by atoms with van der Waals surface area (Å²) in [6.07, 6.45) is 0. The largest absolute Gasteiger partial charge is 0.496 e. The third kappa shape index (κ3) is 6.27. The molecule has 2 N–H and O–H groups in total. The molecule has 44 valence electrons. The van der Waals surface area contributed by atoms with Gasteiger partial charge in [0.25, 0.3) is 0 Å². The first-order valence-corrected chi connectivity index (χ1v) is 1.92. The molecule has 0 aromatic heterocycles. The normalized spacial score (nSPS) is 6.29. The van der Waals surface area contributed by atoms with Crippen molar-refractivity contribution in [2.75, 3.05) is 0 Å². The van der Waals surface area contributed by atoms with Crippen LogP contribution in [0.4, 0.5) is 0 Å². The Hall–Kier alpha value is 0.274. The summed E-state index contributed by atoms with van der Waals surface area (Å²) in [6, 6.07) is 0. The van der Waals surface area contributed by atoms with Crippen molar-refractivity contribution in [1.29, 1.82) is 0 Å². The van der Waals surface area contributed by atoms with Crippen molar-refractivity contribution >= 4 is 34.5 Å². The van der Waals surface area contributed by atoms with Crippen molar-refractivity contribution in [1.82, 2.24) is 0 Å². The second-order valence-corrected chi connectivity index (χ2v) is 1.38. The molecule has 5 heteroatoms. The van der Waals surface area contributed by atoms with Crippen LogP contribution in [0.3, 0.4) is 0 Å². The van der Waals surface area contributed by atoms with Crippen molar-refractivity contribution < 1.29 is 26.7 Å². The molecule has 0 aliphatic carbocycles. The van der Waals surface area contributed by atoms with Gasteiger partial charge < -0.3 is 10.2 Å². The van der Waals surface area contributed by atoms with E-state index in [0.29, 0.717) is 0 Å². The molecular formula is C2H2NiO2S2. The Balaban J connectivity index is 0. The number of aliphatic hydroxyl groups is 2. The van der Waals surface area contributed by atoms with E-state index in [-0.39, 0.29) is 16.5 Å². The van der Waals surface area contributed by atoms with Gasteiger partial charge in [-0.1, -0.05) is 0 Å². The molecule has 7 heavy (non-hydrogen) atoms. The first-order chi connectivity index (χ1) is 2.64. The number of rotatable bonds is 0. The van der Waals surface area contributed by atoms with Gasteiger partial charge in [-0.05, 0) is 24.4 Å². The standard InChI is InChI=1S/C2H2O2S2.Ni/c3-1(5)2(4)6;/h(H,3,5)(H,4,6);. The summed E-state index contributed by atoms with van der Waals surface area (Å²) in [6.45, 7) is 0. The van der Waals surface area contributed by atoms with Crippen LogP contribution in [-0.4, -0.2) is 20.3 Å². The summed E-state index contributed by atoms with van der Waals surface area (Å²) in [4.78, 5) is 0. The van der Waals surface area contributed by atoms with Crippen LogP contribution in [0.5, 0.6) is 0 Å². The van der Waals surface area contributed by atoms with E-state index in [1.165, 1.54) is 0 Å². The second kappa shape index (κ2) is 4.43. The number of aliphatic hydroxyl groups excluding tert-OH is 2. The van der Waals surface area contributed by atoms with Gasteiger partial charge in [0.1, 0.15) is 0 Å². The zero-order chi connectivity index (χ0) is 5.15. The van der Waals surface area contributed by atoms with Crippen molar-refractivity contribution in [3.63, 3.8) is 0 Å². The quantitative estimate of drug-likeness (QED) is 0.427. The van der Waals surface area contributed by atoms with Crippen molar-refractivity contribution in [3.05, 3.63) is 0 Å². The molecule has 0 aliphatic heterocycles. The monoisotopic (exact) mass is 180 g/mol. The summed E-state index contributed by atoms with van der Waals surface area (Å²) >= 11 is 7.97. The van der Waals surface area contributed by atoms with Gasteiger partial charge in [0, 0.05) is 16.5 Å². The third-order valence-electron chi connectivity index (χ3n) is 0.183. The summed E-state index contributed by atoms with van der Waals surface area (Å²) in [5.74, 6) is 0. The Morgan fingerprint density at radius 3 is 1.14 bits per heavy atom. The summed E-state index contributed by atoms with van der Waals surface area (Å²) in [5, 5.41) is 14.7. The van der Waals surface area contributed by atoms with Gasteiger partial charge in [-0.15, -0.1) is 0 Å². The summed E-state index contributed by atoms with van der Waals surface area (Å²) in [7, 11) is 0. The van der Waals surface area contributed by atoms with Gasteiger partial charge in [-0.3, -0.25) is 0 Å². The van der Waals surface area contributed by atoms with Crippen LogP contribution in [0, 0.1) is 0 Å². The van der Waals surface area contributed by atoms with Crippen LogP contribution in [-0.2, 0) is 16.5 Å². The van der Waals surface area contributed by atoms with Crippen molar-refractivity contribution in [2.24, 2.45) is 0 Å². The fraction of sp³-hybridized carbons (Fsp3) is 0. The minimum Gasteiger partial charge on any atom is -0.496 e. The Bertz CT molecular complexity index is 79.7. The zero-order valence-corrected chi connectivity index (χ0v) is 5.65. The SMILES string of the molecule is OC(=S)C(O)=S.[Ni]. The molecule has 0 unspecified atom stereocenters. The predicted octanol–water partition coefficient (Wildman–Crippen LogP) is 0.755. The Kier molecular flexibility index (Phi) is 6.52. The van der Waals surface area contributed by atoms with Crippen LogP contribution in [0.1, 0.15) is 0 Å². The van der Waals surface area contributed by atoms with Gasteiger partial charge in [-0.25, -0.2) is 0 Å². The average molecular weight is 181 g/mol. The molecule has 0 bridgehead atoms. The molecule has 0 aromatic rings. The van der Waals surface area contributed by atoms with Crippen molar-refractivity contribution in [2.45, 2.75) is 0 Å². The van der Waals surface area contributed by atoms with E-state index in [2.05, 4.69) is 24.4 Å². The maximum atomic E-state index is 7.97. The number of hydrogen-bond acceptors (Lipinski definition) is 2. The van der Waals surface area contributed by atoms with Crippen LogP contribution in [0.15, 0.2) is 0 Å². The zero-order valence-electron chi connectivity index (χ0n) is 3.03. The van der Waals surface area contributed by atoms with E-state index in [1.807, 2.05) is 0 Å². The third-order valence-corrected chi connectivity index (χ3v) is 0.699. The molecule has 0 rings (SSSR count). The molecule has 0 aromatic carbocycles. The molecule has 0 saturated carbocycles. The molecule has 2 nitrogen and oxygen atoms in total. The van der Waals surface area contributed by atoms with Gasteiger partial charge in [0.05, 0.1) is 0 Å². The van der Waals surface area contributed by atoms with Gasteiger partial charge in [-0.2, -0.15) is 0 Å². The smallest absolute Gasteiger partial charge is 0.236 e. The topological polar surface area (TPSA) is 40.5 Å². The predicted molar refractivity (Wildman–Crippen MR) is 30.5 cm³/mol. The minimum absolute atomic E-state index is 0. The van der Waals surface area contributed by atoms with E-state index >= 15 is 0 Å². The fourth-order valence-electron chi connectivity index (χ4n) is 0. The van der Waals surface area contributed by atoms with Crippen molar-refractivity contribution in [3.8, 4) is 0 Å². The van der Waals surface area contributed by atoms with Gasteiger partial charge >= 0.3 is 0 Å². The molecule has 0 spiro atoms. The summed E-state index contributed by atoms with van der Waals surface area (Å²) in [5.41, 5.74) is 0. The molecule has 0 radical (unpaired) electrons. The van der Waals surface area contributed by atoms with E-state index in [1.54, 1.807) is 0 Å². The molecule has 0 amide bonds. The van der Waals surface area contributed by atoms with E-state index in [4.69, 9.17) is 10.2 Å². The molecule has 0 atom stereocenters. The Morgan fingerprint density at radius 1 is 1.00 bits per heavy atom. The van der Waals surface area contributed by atoms with Gasteiger partial charge in [0.2, 0.25) is 10.1 Å². The van der Waals surface area contributed by atoms with Crippen LogP contribution >= 0.6 is 24.4 Å². The number of thiocarbonyl (C=S) groups is 2. The maximum Gasteiger partial charge on any atom is 0.236 e. The molecule has 0 fully saturated rings. The minimum atomic E-state index is -0.620. The van der Waals surface area contributed by atoms with Crippen LogP contribution in [0.25, 0.3) is 0 Å². The second-order valence-electron chi connectivity index (χ2n) is 0.610. The van der Waals surface area contributed by atoms with Crippen LogP contribution < -0.4 is 0 Å². The Morgan fingerprint density at radius 2 is 1.14 bits per heavy atom. The maximum absolute atomic E-state index is 7.97. The first kappa shape index (κ1) is 10.3. The average Bonchev–Trinajstić information content (AvgIpc) is 1.36. The first-order valence-electron chi connectivity index (χ1n) is 1.11. The van der Waals surface area contributed by atoms with E-state index < -0.39 is 10.1 Å². The van der Waals surface area contributed by atoms with Crippen LogP contribution in [0.2, 0.25) is 0 Å². The molecule has 0 saturated heterocycles. The summed E-state index contributed by atoms with van der Waals surface area (Å²) < 4.78 is 0.